The lowest BCUT2D eigenvalue weighted by atomic mass is 9.47. The predicted molar refractivity (Wildman–Crippen MR) is 94.3 cm³/mol. The van der Waals surface area contributed by atoms with Crippen molar-refractivity contribution in [1.29, 1.82) is 0 Å². The van der Waals surface area contributed by atoms with Gasteiger partial charge in [0.05, 0.1) is 18.3 Å². The van der Waals surface area contributed by atoms with Crippen LogP contribution in [0.3, 0.4) is 0 Å². The summed E-state index contributed by atoms with van der Waals surface area (Å²) in [6.07, 6.45) is 10.0. The van der Waals surface area contributed by atoms with Gasteiger partial charge in [0.25, 0.3) is 0 Å². The van der Waals surface area contributed by atoms with E-state index in [1.165, 1.54) is 5.57 Å². The maximum atomic E-state index is 11.0. The Morgan fingerprint density at radius 1 is 1.16 bits per heavy atom. The van der Waals surface area contributed by atoms with E-state index in [0.29, 0.717) is 31.1 Å². The van der Waals surface area contributed by atoms with Crippen molar-refractivity contribution >= 4 is 0 Å². The van der Waals surface area contributed by atoms with E-state index in [2.05, 4.69) is 18.9 Å². The molecule has 0 heterocycles. The van der Waals surface area contributed by atoms with Crippen molar-refractivity contribution in [3.63, 3.8) is 0 Å². The summed E-state index contributed by atoms with van der Waals surface area (Å²) in [6.45, 7) is 4.27. The van der Waals surface area contributed by atoms with Crippen molar-refractivity contribution in [2.24, 2.45) is 28.6 Å². The largest absolute Gasteiger partial charge is 0.390 e. The molecule has 3 fully saturated rings. The number of hydrogen-bond acceptors (Lipinski definition) is 4. The molecule has 0 aromatic carbocycles. The number of allylic oxidation sites excluding steroid dienone is 1. The normalized spacial score (nSPS) is 57.7. The Bertz CT molecular complexity index is 651. The molecule has 0 aliphatic heterocycles. The molecule has 0 amide bonds. The predicted octanol–water partition coefficient (Wildman–Crippen LogP) is 1.62. The van der Waals surface area contributed by atoms with Crippen molar-refractivity contribution < 1.29 is 20.4 Å². The molecular weight excluding hydrogens is 316 g/mol. The highest BCUT2D eigenvalue weighted by Crippen LogP contribution is 2.66. The first-order valence-corrected chi connectivity index (χ1v) is 9.61. The van der Waals surface area contributed by atoms with Crippen molar-refractivity contribution in [3.8, 4) is 12.3 Å². The first-order chi connectivity index (χ1) is 11.7. The molecular formula is C21H30O4. The summed E-state index contributed by atoms with van der Waals surface area (Å²) >= 11 is 0. The zero-order chi connectivity index (χ0) is 18.2. The minimum absolute atomic E-state index is 0.106. The van der Waals surface area contributed by atoms with Crippen molar-refractivity contribution in [1.82, 2.24) is 0 Å². The summed E-state index contributed by atoms with van der Waals surface area (Å²) in [7, 11) is 0. The van der Waals surface area contributed by atoms with Crippen LogP contribution in [0.4, 0.5) is 0 Å². The second kappa shape index (κ2) is 5.33. The molecule has 0 saturated heterocycles. The van der Waals surface area contributed by atoms with Gasteiger partial charge < -0.3 is 20.4 Å². The van der Waals surface area contributed by atoms with E-state index in [1.807, 2.05) is 6.92 Å². The summed E-state index contributed by atoms with van der Waals surface area (Å²) in [5.41, 5.74) is -0.738. The van der Waals surface area contributed by atoms with Gasteiger partial charge in [-0.25, -0.2) is 0 Å². The number of aliphatic hydroxyl groups is 4. The summed E-state index contributed by atoms with van der Waals surface area (Å²) in [6, 6.07) is 0. The third-order valence-corrected chi connectivity index (χ3v) is 8.57. The fourth-order valence-corrected chi connectivity index (χ4v) is 6.97. The molecule has 0 aromatic rings. The van der Waals surface area contributed by atoms with Crippen LogP contribution in [0.5, 0.6) is 0 Å². The standard InChI is InChI=1S/C21H30O4/c1-4-21(25)18(24)10-15-13-6-5-12-9-16(22)17(23)11-19(12,2)14(13)7-8-20(15,21)3/h1,5,13-18,22-25H,6-11H2,2-3H3/t13-,14+,15+,16+,17-,18-,19+,20+,21+/m1/s1. The zero-order valence-corrected chi connectivity index (χ0v) is 15.2. The van der Waals surface area contributed by atoms with Gasteiger partial charge in [-0.1, -0.05) is 31.4 Å². The SMILES string of the molecule is C#C[C@]1(O)[C@H](O)C[C@H]2[C@@H]3CC=C4C[C@H](O)[C@H](O)C[C@]4(C)[C@H]3CC[C@@]21C. The summed E-state index contributed by atoms with van der Waals surface area (Å²) in [4.78, 5) is 0. The molecule has 3 saturated carbocycles. The molecule has 25 heavy (non-hydrogen) atoms. The lowest BCUT2D eigenvalue weighted by molar-refractivity contribution is -0.125. The topological polar surface area (TPSA) is 80.9 Å². The first kappa shape index (κ1) is 17.5. The molecule has 9 atom stereocenters. The summed E-state index contributed by atoms with van der Waals surface area (Å²) in [5.74, 6) is 3.46. The monoisotopic (exact) mass is 346 g/mol. The summed E-state index contributed by atoms with van der Waals surface area (Å²) < 4.78 is 0. The minimum Gasteiger partial charge on any atom is -0.390 e. The van der Waals surface area contributed by atoms with Gasteiger partial charge in [0, 0.05) is 5.41 Å². The number of fused-ring (bicyclic) bond motifs is 5. The maximum absolute atomic E-state index is 11.0. The molecule has 0 radical (unpaired) electrons. The molecule has 0 spiro atoms. The van der Waals surface area contributed by atoms with Gasteiger partial charge in [0.15, 0.2) is 5.60 Å². The van der Waals surface area contributed by atoms with Gasteiger partial charge >= 0.3 is 0 Å². The summed E-state index contributed by atoms with van der Waals surface area (Å²) in [5, 5.41) is 41.9. The first-order valence-electron chi connectivity index (χ1n) is 9.61. The minimum atomic E-state index is -1.45. The molecule has 0 unspecified atom stereocenters. The molecule has 0 aromatic heterocycles. The second-order valence-electron chi connectivity index (χ2n) is 9.42. The van der Waals surface area contributed by atoms with Gasteiger partial charge in [-0.05, 0) is 61.7 Å². The number of hydrogen-bond donors (Lipinski definition) is 4. The van der Waals surface area contributed by atoms with E-state index in [9.17, 15) is 20.4 Å². The lowest BCUT2D eigenvalue weighted by Gasteiger charge is -2.58. The van der Waals surface area contributed by atoms with Crippen LogP contribution in [-0.2, 0) is 0 Å². The van der Waals surface area contributed by atoms with Crippen molar-refractivity contribution in [2.45, 2.75) is 76.3 Å². The Balaban J connectivity index is 1.72. The van der Waals surface area contributed by atoms with Gasteiger partial charge in [0.2, 0.25) is 0 Å². The van der Waals surface area contributed by atoms with Crippen LogP contribution in [0.2, 0.25) is 0 Å². The highest BCUT2D eigenvalue weighted by atomic mass is 16.3. The van der Waals surface area contributed by atoms with E-state index < -0.39 is 29.3 Å². The van der Waals surface area contributed by atoms with Crippen LogP contribution in [0.25, 0.3) is 0 Å². The van der Waals surface area contributed by atoms with Crippen LogP contribution in [0, 0.1) is 40.9 Å². The zero-order valence-electron chi connectivity index (χ0n) is 15.2. The average molecular weight is 346 g/mol. The van der Waals surface area contributed by atoms with Gasteiger partial charge in [-0.15, -0.1) is 6.42 Å². The third kappa shape index (κ3) is 2.04. The smallest absolute Gasteiger partial charge is 0.156 e. The lowest BCUT2D eigenvalue weighted by Crippen LogP contribution is -2.56. The Hall–Kier alpha value is -0.860. The molecule has 4 aliphatic carbocycles. The third-order valence-electron chi connectivity index (χ3n) is 8.57. The maximum Gasteiger partial charge on any atom is 0.156 e. The van der Waals surface area contributed by atoms with E-state index in [0.717, 1.165) is 19.3 Å². The molecule has 4 heteroatoms. The molecule has 0 bridgehead atoms. The van der Waals surface area contributed by atoms with E-state index in [1.54, 1.807) is 0 Å². The molecule has 4 nitrogen and oxygen atoms in total. The Morgan fingerprint density at radius 2 is 1.88 bits per heavy atom. The van der Waals surface area contributed by atoms with Crippen molar-refractivity contribution in [3.05, 3.63) is 11.6 Å². The van der Waals surface area contributed by atoms with Crippen LogP contribution in [-0.4, -0.2) is 44.3 Å². The number of terminal acetylenes is 1. The highest BCUT2D eigenvalue weighted by Gasteiger charge is 2.67. The second-order valence-corrected chi connectivity index (χ2v) is 9.42. The van der Waals surface area contributed by atoms with Crippen LogP contribution >= 0.6 is 0 Å². The molecule has 4 rings (SSSR count). The number of rotatable bonds is 0. The van der Waals surface area contributed by atoms with Gasteiger partial charge in [-0.2, -0.15) is 0 Å². The van der Waals surface area contributed by atoms with E-state index in [4.69, 9.17) is 6.42 Å². The fourth-order valence-electron chi connectivity index (χ4n) is 6.97. The Morgan fingerprint density at radius 3 is 2.56 bits per heavy atom. The molecule has 4 aliphatic rings. The quantitative estimate of drug-likeness (QED) is 0.397. The van der Waals surface area contributed by atoms with E-state index >= 15 is 0 Å². The molecule has 138 valence electrons. The average Bonchev–Trinajstić information content (AvgIpc) is 2.77. The van der Waals surface area contributed by atoms with Crippen molar-refractivity contribution in [2.75, 3.05) is 0 Å². The van der Waals surface area contributed by atoms with Crippen LogP contribution in [0.15, 0.2) is 11.6 Å². The van der Waals surface area contributed by atoms with Crippen LogP contribution in [0.1, 0.15) is 52.4 Å². The van der Waals surface area contributed by atoms with Crippen LogP contribution < -0.4 is 0 Å². The molecule has 4 N–H and O–H groups in total. The Kier molecular flexibility index (Phi) is 3.74. The van der Waals surface area contributed by atoms with Gasteiger partial charge in [-0.3, -0.25) is 0 Å². The fraction of sp³-hybridized carbons (Fsp3) is 0.810. The Labute approximate surface area is 150 Å². The highest BCUT2D eigenvalue weighted by molar-refractivity contribution is 5.31. The number of aliphatic hydroxyl groups excluding tert-OH is 3. The van der Waals surface area contributed by atoms with Gasteiger partial charge in [0.1, 0.15) is 0 Å². The van der Waals surface area contributed by atoms with E-state index in [-0.39, 0.29) is 11.3 Å².